The van der Waals surface area contributed by atoms with Gasteiger partial charge in [0.2, 0.25) is 0 Å². The van der Waals surface area contributed by atoms with Crippen molar-refractivity contribution < 1.29 is 9.50 Å². The van der Waals surface area contributed by atoms with E-state index in [4.69, 9.17) is 11.6 Å². The lowest BCUT2D eigenvalue weighted by Gasteiger charge is -2.23. The molecule has 0 radical (unpaired) electrons. The molecule has 0 amide bonds. The van der Waals surface area contributed by atoms with Gasteiger partial charge in [0.15, 0.2) is 0 Å². The molecule has 4 heteroatoms. The summed E-state index contributed by atoms with van der Waals surface area (Å²) in [4.78, 5) is 0. The summed E-state index contributed by atoms with van der Waals surface area (Å²) in [5.74, 6) is -0.354. The topological polar surface area (TPSA) is 32.3 Å². The molecule has 2 N–H and O–H groups in total. The molecule has 2 aromatic carbocycles. The Labute approximate surface area is 123 Å². The van der Waals surface area contributed by atoms with Crippen molar-refractivity contribution in [3.63, 3.8) is 0 Å². The summed E-state index contributed by atoms with van der Waals surface area (Å²) in [5.41, 5.74) is 1.81. The molecule has 2 atom stereocenters. The van der Waals surface area contributed by atoms with Crippen molar-refractivity contribution in [1.29, 1.82) is 0 Å². The molecule has 2 nitrogen and oxygen atoms in total. The zero-order valence-electron chi connectivity index (χ0n) is 11.2. The lowest BCUT2D eigenvalue weighted by atomic mass is 10.0. The number of halogens is 2. The number of nitrogens with one attached hydrogen (secondary N) is 1. The van der Waals surface area contributed by atoms with E-state index in [0.717, 1.165) is 11.1 Å². The number of hydrogen-bond donors (Lipinski definition) is 2. The molecular weight excluding hydrogens is 277 g/mol. The predicted molar refractivity (Wildman–Crippen MR) is 79.2 cm³/mol. The van der Waals surface area contributed by atoms with E-state index < -0.39 is 0 Å². The van der Waals surface area contributed by atoms with Crippen molar-refractivity contribution in [3.05, 3.63) is 70.5 Å². The van der Waals surface area contributed by atoms with Crippen LogP contribution >= 0.6 is 11.6 Å². The summed E-state index contributed by atoms with van der Waals surface area (Å²) in [7, 11) is 0. The first kappa shape index (κ1) is 15.0. The lowest BCUT2D eigenvalue weighted by molar-refractivity contribution is 0.235. The molecule has 20 heavy (non-hydrogen) atoms. The van der Waals surface area contributed by atoms with E-state index in [2.05, 4.69) is 5.32 Å². The summed E-state index contributed by atoms with van der Waals surface area (Å²) in [6.45, 7) is 1.91. The van der Waals surface area contributed by atoms with E-state index in [1.54, 1.807) is 6.07 Å². The van der Waals surface area contributed by atoms with Crippen molar-refractivity contribution in [2.75, 3.05) is 6.61 Å². The Morgan fingerprint density at radius 1 is 1.20 bits per heavy atom. The van der Waals surface area contributed by atoms with Gasteiger partial charge in [0.05, 0.1) is 12.6 Å². The van der Waals surface area contributed by atoms with E-state index in [-0.39, 0.29) is 24.5 Å². The Hall–Kier alpha value is -1.42. The second-order valence-corrected chi connectivity index (χ2v) is 5.11. The number of aliphatic hydroxyl groups is 1. The summed E-state index contributed by atoms with van der Waals surface area (Å²) in [6, 6.07) is 13.7. The fourth-order valence-corrected chi connectivity index (χ4v) is 2.51. The third-order valence-corrected chi connectivity index (χ3v) is 3.59. The number of benzene rings is 2. The zero-order valence-corrected chi connectivity index (χ0v) is 11.9. The minimum Gasteiger partial charge on any atom is -0.394 e. The molecule has 0 saturated carbocycles. The molecule has 1 unspecified atom stereocenters. The summed E-state index contributed by atoms with van der Waals surface area (Å²) >= 11 is 6.05. The van der Waals surface area contributed by atoms with Gasteiger partial charge in [-0.15, -0.1) is 0 Å². The van der Waals surface area contributed by atoms with Crippen LogP contribution in [-0.2, 0) is 0 Å². The van der Waals surface area contributed by atoms with Gasteiger partial charge in [-0.2, -0.15) is 0 Å². The van der Waals surface area contributed by atoms with Crippen LogP contribution in [0.4, 0.5) is 4.39 Å². The molecule has 0 bridgehead atoms. The van der Waals surface area contributed by atoms with Crippen molar-refractivity contribution in [2.45, 2.75) is 19.0 Å². The molecule has 2 aromatic rings. The van der Waals surface area contributed by atoms with Gasteiger partial charge in [-0.05, 0) is 30.2 Å². The standard InChI is InChI=1S/C16H17ClFNO/c1-11(14-8-7-13(18)9-15(14)17)19-16(10-20)12-5-3-2-4-6-12/h2-9,11,16,19-20H,10H2,1H3/t11?,16-/m0/s1. The summed E-state index contributed by atoms with van der Waals surface area (Å²) in [5, 5.41) is 13.2. The van der Waals surface area contributed by atoms with Crippen LogP contribution < -0.4 is 5.32 Å². The highest BCUT2D eigenvalue weighted by atomic mass is 35.5. The quantitative estimate of drug-likeness (QED) is 0.877. The van der Waals surface area contributed by atoms with Gasteiger partial charge in [-0.3, -0.25) is 0 Å². The highest BCUT2D eigenvalue weighted by molar-refractivity contribution is 6.31. The molecule has 0 aliphatic rings. The highest BCUT2D eigenvalue weighted by Crippen LogP contribution is 2.26. The van der Waals surface area contributed by atoms with Crippen LogP contribution in [0, 0.1) is 5.82 Å². The van der Waals surface area contributed by atoms with Gasteiger partial charge in [-0.1, -0.05) is 48.0 Å². The first-order chi connectivity index (χ1) is 9.61. The van der Waals surface area contributed by atoms with Crippen LogP contribution in [0.5, 0.6) is 0 Å². The van der Waals surface area contributed by atoms with Crippen LogP contribution in [0.15, 0.2) is 48.5 Å². The Morgan fingerprint density at radius 3 is 2.50 bits per heavy atom. The van der Waals surface area contributed by atoms with E-state index in [1.165, 1.54) is 12.1 Å². The van der Waals surface area contributed by atoms with Gasteiger partial charge in [0, 0.05) is 11.1 Å². The first-order valence-electron chi connectivity index (χ1n) is 6.48. The van der Waals surface area contributed by atoms with Gasteiger partial charge < -0.3 is 10.4 Å². The van der Waals surface area contributed by atoms with E-state index in [1.807, 2.05) is 37.3 Å². The molecule has 0 aliphatic heterocycles. The lowest BCUT2D eigenvalue weighted by Crippen LogP contribution is -2.27. The van der Waals surface area contributed by atoms with Crippen LogP contribution in [0.1, 0.15) is 30.1 Å². The predicted octanol–water partition coefficient (Wildman–Crippen LogP) is 3.86. The van der Waals surface area contributed by atoms with E-state index >= 15 is 0 Å². The summed E-state index contributed by atoms with van der Waals surface area (Å²) < 4.78 is 13.1. The van der Waals surface area contributed by atoms with E-state index in [0.29, 0.717) is 5.02 Å². The second-order valence-electron chi connectivity index (χ2n) is 4.70. The SMILES string of the molecule is CC(N[C@@H](CO)c1ccccc1)c1ccc(F)cc1Cl. The molecule has 0 saturated heterocycles. The maximum absolute atomic E-state index is 13.1. The maximum atomic E-state index is 13.1. The van der Waals surface area contributed by atoms with Crippen LogP contribution in [0.25, 0.3) is 0 Å². The van der Waals surface area contributed by atoms with Gasteiger partial charge in [0.1, 0.15) is 5.82 Å². The second kappa shape index (κ2) is 6.84. The molecule has 0 aliphatic carbocycles. The minimum atomic E-state index is -0.354. The molecule has 106 valence electrons. The third-order valence-electron chi connectivity index (χ3n) is 3.26. The fourth-order valence-electron chi connectivity index (χ4n) is 2.18. The molecule has 0 heterocycles. The van der Waals surface area contributed by atoms with Crippen molar-refractivity contribution in [3.8, 4) is 0 Å². The van der Waals surface area contributed by atoms with Crippen molar-refractivity contribution >= 4 is 11.6 Å². The normalized spacial score (nSPS) is 14.0. The largest absolute Gasteiger partial charge is 0.394 e. The molecule has 0 aromatic heterocycles. The van der Waals surface area contributed by atoms with Crippen LogP contribution in [-0.4, -0.2) is 11.7 Å². The first-order valence-corrected chi connectivity index (χ1v) is 6.86. The third kappa shape index (κ3) is 3.57. The van der Waals surface area contributed by atoms with Gasteiger partial charge in [0.25, 0.3) is 0 Å². The van der Waals surface area contributed by atoms with E-state index in [9.17, 15) is 9.50 Å². The average Bonchev–Trinajstić information content (AvgIpc) is 2.45. The molecule has 2 rings (SSSR count). The van der Waals surface area contributed by atoms with Gasteiger partial charge >= 0.3 is 0 Å². The minimum absolute atomic E-state index is 0.0207. The number of rotatable bonds is 5. The molecule has 0 spiro atoms. The smallest absolute Gasteiger partial charge is 0.124 e. The van der Waals surface area contributed by atoms with Crippen LogP contribution in [0.3, 0.4) is 0 Å². The van der Waals surface area contributed by atoms with Crippen LogP contribution in [0.2, 0.25) is 5.02 Å². The Bertz CT molecular complexity index is 562. The number of hydrogen-bond acceptors (Lipinski definition) is 2. The Balaban J connectivity index is 2.15. The van der Waals surface area contributed by atoms with Crippen molar-refractivity contribution in [2.24, 2.45) is 0 Å². The highest BCUT2D eigenvalue weighted by Gasteiger charge is 2.16. The maximum Gasteiger partial charge on any atom is 0.124 e. The molecular formula is C16H17ClFNO. The monoisotopic (exact) mass is 293 g/mol. The zero-order chi connectivity index (χ0) is 14.5. The van der Waals surface area contributed by atoms with Gasteiger partial charge in [-0.25, -0.2) is 4.39 Å². The Kier molecular flexibility index (Phi) is 5.12. The fraction of sp³-hybridized carbons (Fsp3) is 0.250. The summed E-state index contributed by atoms with van der Waals surface area (Å²) in [6.07, 6.45) is 0. The van der Waals surface area contributed by atoms with Crippen molar-refractivity contribution in [1.82, 2.24) is 5.32 Å². The average molecular weight is 294 g/mol. The number of aliphatic hydroxyl groups excluding tert-OH is 1. The molecule has 0 fully saturated rings. The Morgan fingerprint density at radius 2 is 1.90 bits per heavy atom.